The Balaban J connectivity index is 4.45. The molecule has 0 aromatic rings. The number of carbonyl (C=O) groups is 1. The largest absolute Gasteiger partial charge is 0.356 e. The van der Waals surface area contributed by atoms with Crippen LogP contribution in [0.1, 0.15) is 41.0 Å². The molecule has 0 saturated heterocycles. The van der Waals surface area contributed by atoms with Gasteiger partial charge in [0.2, 0.25) is 5.91 Å². The van der Waals surface area contributed by atoms with Crippen LogP contribution in [-0.2, 0) is 4.79 Å². The minimum absolute atomic E-state index is 0.0854. The lowest BCUT2D eigenvalue weighted by Crippen LogP contribution is -2.47. The van der Waals surface area contributed by atoms with Gasteiger partial charge in [0, 0.05) is 19.5 Å². The van der Waals surface area contributed by atoms with E-state index in [0.717, 1.165) is 13.1 Å². The fraction of sp³-hybridized carbons (Fsp3) is 0.923. The molecule has 0 radical (unpaired) electrons. The van der Waals surface area contributed by atoms with Crippen molar-refractivity contribution >= 4 is 5.91 Å². The molecule has 96 valence electrons. The summed E-state index contributed by atoms with van der Waals surface area (Å²) < 4.78 is 0. The Hall–Kier alpha value is -0.570. The molecule has 0 aromatic heterocycles. The molecule has 0 aliphatic rings. The third-order valence-electron chi connectivity index (χ3n) is 3.59. The molecular formula is C13H28N2O. The van der Waals surface area contributed by atoms with Crippen molar-refractivity contribution in [1.29, 1.82) is 0 Å². The zero-order valence-electron chi connectivity index (χ0n) is 12.0. The molecule has 16 heavy (non-hydrogen) atoms. The zero-order valence-corrected chi connectivity index (χ0v) is 12.0. The lowest BCUT2D eigenvalue weighted by Gasteiger charge is -2.43. The molecule has 3 heteroatoms. The lowest BCUT2D eigenvalue weighted by atomic mass is 9.67. The molecule has 0 unspecified atom stereocenters. The highest BCUT2D eigenvalue weighted by molar-refractivity contribution is 5.75. The van der Waals surface area contributed by atoms with Gasteiger partial charge in [0.25, 0.3) is 0 Å². The number of amides is 1. The first-order valence-corrected chi connectivity index (χ1v) is 6.04. The molecule has 0 atom stereocenters. The van der Waals surface area contributed by atoms with E-state index in [1.807, 2.05) is 6.92 Å². The molecule has 1 amide bonds. The number of hydrogen-bond donors (Lipinski definition) is 1. The van der Waals surface area contributed by atoms with Crippen molar-refractivity contribution in [2.24, 2.45) is 10.8 Å². The third-order valence-corrected chi connectivity index (χ3v) is 3.59. The van der Waals surface area contributed by atoms with E-state index in [1.54, 1.807) is 0 Å². The van der Waals surface area contributed by atoms with Crippen LogP contribution in [-0.4, -0.2) is 38.0 Å². The van der Waals surface area contributed by atoms with E-state index >= 15 is 0 Å². The second-order valence-electron chi connectivity index (χ2n) is 6.14. The Morgan fingerprint density at radius 1 is 1.12 bits per heavy atom. The molecule has 0 bridgehead atoms. The molecule has 3 nitrogen and oxygen atoms in total. The van der Waals surface area contributed by atoms with E-state index < -0.39 is 0 Å². The topological polar surface area (TPSA) is 32.3 Å². The van der Waals surface area contributed by atoms with E-state index in [4.69, 9.17) is 0 Å². The van der Waals surface area contributed by atoms with E-state index in [2.05, 4.69) is 52.0 Å². The van der Waals surface area contributed by atoms with Gasteiger partial charge in [-0.3, -0.25) is 4.79 Å². The van der Waals surface area contributed by atoms with Crippen LogP contribution in [0.15, 0.2) is 0 Å². The summed E-state index contributed by atoms with van der Waals surface area (Å²) >= 11 is 0. The highest BCUT2D eigenvalue weighted by Gasteiger charge is 2.37. The highest BCUT2D eigenvalue weighted by Crippen LogP contribution is 2.38. The standard InChI is InChI=1S/C13H28N2O/c1-8-11(16)14-9-12(2,3)13(4,5)10-15(6)7/h8-10H2,1-7H3,(H,14,16). The van der Waals surface area contributed by atoms with Gasteiger partial charge in [-0.05, 0) is 24.9 Å². The van der Waals surface area contributed by atoms with Crippen molar-refractivity contribution in [1.82, 2.24) is 10.2 Å². The average molecular weight is 228 g/mol. The maximum absolute atomic E-state index is 11.3. The summed E-state index contributed by atoms with van der Waals surface area (Å²) in [4.78, 5) is 13.5. The summed E-state index contributed by atoms with van der Waals surface area (Å²) in [6, 6.07) is 0. The minimum atomic E-state index is 0.0854. The van der Waals surface area contributed by atoms with Crippen LogP contribution in [0.25, 0.3) is 0 Å². The van der Waals surface area contributed by atoms with Crippen molar-refractivity contribution in [3.05, 3.63) is 0 Å². The average Bonchev–Trinajstić information content (AvgIpc) is 2.11. The number of nitrogens with one attached hydrogen (secondary N) is 1. The summed E-state index contributed by atoms with van der Waals surface area (Å²) in [7, 11) is 4.17. The Morgan fingerprint density at radius 3 is 2.00 bits per heavy atom. The number of carbonyl (C=O) groups excluding carboxylic acids is 1. The second-order valence-corrected chi connectivity index (χ2v) is 6.14. The predicted octanol–water partition coefficient (Wildman–Crippen LogP) is 2.13. The maximum atomic E-state index is 11.3. The summed E-state index contributed by atoms with van der Waals surface area (Å²) in [5.74, 6) is 0.133. The monoisotopic (exact) mass is 228 g/mol. The molecule has 1 N–H and O–H groups in total. The van der Waals surface area contributed by atoms with Crippen LogP contribution >= 0.6 is 0 Å². The fourth-order valence-corrected chi connectivity index (χ4v) is 1.69. The van der Waals surface area contributed by atoms with Crippen molar-refractivity contribution in [2.75, 3.05) is 27.2 Å². The fourth-order valence-electron chi connectivity index (χ4n) is 1.69. The Labute approximate surface area is 101 Å². The van der Waals surface area contributed by atoms with E-state index in [1.165, 1.54) is 0 Å². The summed E-state index contributed by atoms with van der Waals surface area (Å²) in [5.41, 5.74) is 0.250. The van der Waals surface area contributed by atoms with Crippen LogP contribution in [0.5, 0.6) is 0 Å². The maximum Gasteiger partial charge on any atom is 0.219 e. The first-order chi connectivity index (χ1) is 7.12. The second kappa shape index (κ2) is 5.67. The van der Waals surface area contributed by atoms with Crippen LogP contribution in [0.3, 0.4) is 0 Å². The van der Waals surface area contributed by atoms with E-state index in [9.17, 15) is 4.79 Å². The van der Waals surface area contributed by atoms with Gasteiger partial charge in [-0.25, -0.2) is 0 Å². The molecule has 0 fully saturated rings. The van der Waals surface area contributed by atoms with Gasteiger partial charge in [-0.1, -0.05) is 34.6 Å². The third kappa shape index (κ3) is 4.52. The Kier molecular flexibility index (Phi) is 5.47. The molecule has 0 aliphatic carbocycles. The summed E-state index contributed by atoms with van der Waals surface area (Å²) in [6.45, 7) is 12.6. The normalized spacial score (nSPS) is 13.0. The number of rotatable bonds is 6. The van der Waals surface area contributed by atoms with Crippen LogP contribution in [0.4, 0.5) is 0 Å². The highest BCUT2D eigenvalue weighted by atomic mass is 16.1. The van der Waals surface area contributed by atoms with Gasteiger partial charge >= 0.3 is 0 Å². The van der Waals surface area contributed by atoms with Gasteiger partial charge in [0.15, 0.2) is 0 Å². The molecule has 0 aliphatic heterocycles. The lowest BCUT2D eigenvalue weighted by molar-refractivity contribution is -0.121. The number of nitrogens with zero attached hydrogens (tertiary/aromatic N) is 1. The SMILES string of the molecule is CCC(=O)NCC(C)(C)C(C)(C)CN(C)C. The van der Waals surface area contributed by atoms with Gasteiger partial charge < -0.3 is 10.2 Å². The summed E-state index contributed by atoms with van der Waals surface area (Å²) in [5, 5.41) is 2.99. The van der Waals surface area contributed by atoms with Crippen LogP contribution in [0.2, 0.25) is 0 Å². The zero-order chi connectivity index (χ0) is 13.0. The van der Waals surface area contributed by atoms with Gasteiger partial charge in [0.1, 0.15) is 0 Å². The molecule has 0 aromatic carbocycles. The predicted molar refractivity (Wildman–Crippen MR) is 69.4 cm³/mol. The molecule has 0 saturated carbocycles. The summed E-state index contributed by atoms with van der Waals surface area (Å²) in [6.07, 6.45) is 0.560. The number of hydrogen-bond acceptors (Lipinski definition) is 2. The van der Waals surface area contributed by atoms with E-state index in [-0.39, 0.29) is 16.7 Å². The molecule has 0 rings (SSSR count). The minimum Gasteiger partial charge on any atom is -0.356 e. The van der Waals surface area contributed by atoms with Gasteiger partial charge in [-0.15, -0.1) is 0 Å². The first-order valence-electron chi connectivity index (χ1n) is 6.04. The quantitative estimate of drug-likeness (QED) is 0.755. The van der Waals surface area contributed by atoms with Gasteiger partial charge in [0.05, 0.1) is 0 Å². The molecule has 0 spiro atoms. The van der Waals surface area contributed by atoms with Crippen LogP contribution < -0.4 is 5.32 Å². The van der Waals surface area contributed by atoms with Gasteiger partial charge in [-0.2, -0.15) is 0 Å². The van der Waals surface area contributed by atoms with E-state index in [0.29, 0.717) is 6.42 Å². The first kappa shape index (κ1) is 15.4. The Morgan fingerprint density at radius 2 is 1.62 bits per heavy atom. The van der Waals surface area contributed by atoms with Crippen molar-refractivity contribution in [3.8, 4) is 0 Å². The van der Waals surface area contributed by atoms with Crippen LogP contribution in [0, 0.1) is 10.8 Å². The van der Waals surface area contributed by atoms with Crippen molar-refractivity contribution in [3.63, 3.8) is 0 Å². The molecule has 0 heterocycles. The van der Waals surface area contributed by atoms with Crippen molar-refractivity contribution < 1.29 is 4.79 Å². The smallest absolute Gasteiger partial charge is 0.219 e. The molecular weight excluding hydrogens is 200 g/mol. The Bertz CT molecular complexity index is 232. The van der Waals surface area contributed by atoms with Crippen molar-refractivity contribution in [2.45, 2.75) is 41.0 Å².